The molecule has 0 atom stereocenters. The number of aromatic amines is 1. The van der Waals surface area contributed by atoms with Gasteiger partial charge < -0.3 is 15.0 Å². The van der Waals surface area contributed by atoms with Gasteiger partial charge in [-0.3, -0.25) is 9.48 Å². The van der Waals surface area contributed by atoms with Gasteiger partial charge in [0.05, 0.1) is 23.8 Å². The summed E-state index contributed by atoms with van der Waals surface area (Å²) in [7, 11) is 3.39. The molecule has 2 aromatic heterocycles. The highest BCUT2D eigenvalue weighted by atomic mass is 16.5. The number of amides is 1. The van der Waals surface area contributed by atoms with Gasteiger partial charge in [-0.15, -0.1) is 0 Å². The molecule has 0 fully saturated rings. The first-order valence-corrected chi connectivity index (χ1v) is 9.04. The van der Waals surface area contributed by atoms with Crippen LogP contribution in [0.3, 0.4) is 0 Å². The van der Waals surface area contributed by atoms with Crippen LogP contribution in [-0.2, 0) is 13.5 Å². The lowest BCUT2D eigenvalue weighted by Gasteiger charge is -2.03. The number of carbonyl (C=O) groups is 1. The van der Waals surface area contributed by atoms with Gasteiger partial charge in [0.15, 0.2) is 0 Å². The van der Waals surface area contributed by atoms with Crippen LogP contribution < -0.4 is 10.1 Å². The van der Waals surface area contributed by atoms with Crippen molar-refractivity contribution >= 4 is 16.9 Å². The predicted molar refractivity (Wildman–Crippen MR) is 107 cm³/mol. The van der Waals surface area contributed by atoms with Crippen molar-refractivity contribution in [3.8, 4) is 17.0 Å². The normalized spacial score (nSPS) is 10.9. The maximum atomic E-state index is 12.6. The third kappa shape index (κ3) is 3.59. The number of benzene rings is 2. The number of aromatic nitrogens is 4. The van der Waals surface area contributed by atoms with Crippen molar-refractivity contribution in [2.24, 2.45) is 7.05 Å². The van der Waals surface area contributed by atoms with Gasteiger partial charge >= 0.3 is 0 Å². The zero-order valence-electron chi connectivity index (χ0n) is 15.8. The molecule has 4 rings (SSSR count). The molecule has 7 heteroatoms. The van der Waals surface area contributed by atoms with Crippen LogP contribution in [-0.4, -0.2) is 39.3 Å². The molecule has 2 heterocycles. The lowest BCUT2D eigenvalue weighted by Crippen LogP contribution is -2.27. The van der Waals surface area contributed by atoms with E-state index in [2.05, 4.69) is 20.4 Å². The average molecular weight is 375 g/mol. The minimum absolute atomic E-state index is 0.161. The Morgan fingerprint density at radius 1 is 1.18 bits per heavy atom. The van der Waals surface area contributed by atoms with Gasteiger partial charge in [-0.1, -0.05) is 12.1 Å². The summed E-state index contributed by atoms with van der Waals surface area (Å²) in [6, 6.07) is 17.2. The number of nitrogens with one attached hydrogen (secondary N) is 2. The molecule has 7 nitrogen and oxygen atoms in total. The molecule has 0 saturated heterocycles. The fourth-order valence-corrected chi connectivity index (χ4v) is 3.09. The Kier molecular flexibility index (Phi) is 4.80. The van der Waals surface area contributed by atoms with E-state index in [1.807, 2.05) is 48.5 Å². The SMILES string of the molecule is COc1ccc(-c2cc(C(=O)NCCc3nc4ccccc4[nH]3)n(C)n2)cc1. The van der Waals surface area contributed by atoms with E-state index in [0.29, 0.717) is 18.7 Å². The Labute approximate surface area is 162 Å². The van der Waals surface area contributed by atoms with Crippen molar-refractivity contribution in [2.45, 2.75) is 6.42 Å². The highest BCUT2D eigenvalue weighted by Crippen LogP contribution is 2.22. The van der Waals surface area contributed by atoms with E-state index in [0.717, 1.165) is 33.9 Å². The minimum Gasteiger partial charge on any atom is -0.497 e. The molecule has 1 amide bonds. The summed E-state index contributed by atoms with van der Waals surface area (Å²) in [5.74, 6) is 1.47. The fraction of sp³-hybridized carbons (Fsp3) is 0.190. The number of imidazole rings is 1. The molecule has 0 aliphatic heterocycles. The van der Waals surface area contributed by atoms with Gasteiger partial charge in [0, 0.05) is 25.6 Å². The van der Waals surface area contributed by atoms with Crippen LogP contribution in [0.15, 0.2) is 54.6 Å². The largest absolute Gasteiger partial charge is 0.497 e. The summed E-state index contributed by atoms with van der Waals surface area (Å²) >= 11 is 0. The monoisotopic (exact) mass is 375 g/mol. The molecule has 0 bridgehead atoms. The molecule has 0 radical (unpaired) electrons. The van der Waals surface area contributed by atoms with E-state index in [4.69, 9.17) is 4.74 Å². The molecule has 0 spiro atoms. The topological polar surface area (TPSA) is 84.8 Å². The third-order valence-electron chi connectivity index (χ3n) is 4.58. The second-order valence-electron chi connectivity index (χ2n) is 6.47. The summed E-state index contributed by atoms with van der Waals surface area (Å²) in [6.45, 7) is 0.488. The van der Waals surface area contributed by atoms with Crippen molar-refractivity contribution in [3.63, 3.8) is 0 Å². The molecular weight excluding hydrogens is 354 g/mol. The average Bonchev–Trinajstić information content (AvgIpc) is 3.31. The van der Waals surface area contributed by atoms with Crippen LogP contribution in [0.2, 0.25) is 0 Å². The minimum atomic E-state index is -0.161. The van der Waals surface area contributed by atoms with Crippen LogP contribution in [0.1, 0.15) is 16.3 Å². The summed E-state index contributed by atoms with van der Waals surface area (Å²) in [5, 5.41) is 7.38. The lowest BCUT2D eigenvalue weighted by atomic mass is 10.1. The van der Waals surface area contributed by atoms with Crippen molar-refractivity contribution in [2.75, 3.05) is 13.7 Å². The smallest absolute Gasteiger partial charge is 0.269 e. The number of fused-ring (bicyclic) bond motifs is 1. The van der Waals surface area contributed by atoms with E-state index in [-0.39, 0.29) is 5.91 Å². The molecule has 142 valence electrons. The number of para-hydroxylation sites is 2. The number of ether oxygens (including phenoxy) is 1. The van der Waals surface area contributed by atoms with Gasteiger partial charge in [-0.25, -0.2) is 4.98 Å². The van der Waals surface area contributed by atoms with Crippen LogP contribution in [0.5, 0.6) is 5.75 Å². The molecule has 0 aliphatic rings. The quantitative estimate of drug-likeness (QED) is 0.543. The van der Waals surface area contributed by atoms with E-state index in [1.54, 1.807) is 24.9 Å². The molecule has 2 aromatic carbocycles. The number of hydrogen-bond acceptors (Lipinski definition) is 4. The molecule has 0 saturated carbocycles. The van der Waals surface area contributed by atoms with Gasteiger partial charge in [-0.05, 0) is 42.5 Å². The Balaban J connectivity index is 1.40. The van der Waals surface area contributed by atoms with Crippen LogP contribution >= 0.6 is 0 Å². The van der Waals surface area contributed by atoms with Crippen molar-refractivity contribution in [3.05, 3.63) is 66.1 Å². The molecule has 28 heavy (non-hydrogen) atoms. The lowest BCUT2D eigenvalue weighted by molar-refractivity contribution is 0.0944. The number of rotatable bonds is 6. The first-order valence-electron chi connectivity index (χ1n) is 9.04. The summed E-state index contributed by atoms with van der Waals surface area (Å²) in [4.78, 5) is 20.3. The Morgan fingerprint density at radius 2 is 1.96 bits per heavy atom. The van der Waals surface area contributed by atoms with Crippen molar-refractivity contribution in [1.29, 1.82) is 0 Å². The summed E-state index contributed by atoms with van der Waals surface area (Å²) in [6.07, 6.45) is 0.629. The highest BCUT2D eigenvalue weighted by molar-refractivity contribution is 5.93. The number of aryl methyl sites for hydroxylation is 1. The number of hydrogen-bond donors (Lipinski definition) is 2. The van der Waals surface area contributed by atoms with Crippen molar-refractivity contribution in [1.82, 2.24) is 25.1 Å². The van der Waals surface area contributed by atoms with Gasteiger partial charge in [0.1, 0.15) is 17.3 Å². The standard InChI is InChI=1S/C21H21N5O2/c1-26-19(13-18(25-26)14-7-9-15(28-2)10-8-14)21(27)22-12-11-20-23-16-5-3-4-6-17(16)24-20/h3-10,13H,11-12H2,1-2H3,(H,22,27)(H,23,24). The molecular formula is C21H21N5O2. The second kappa shape index (κ2) is 7.56. The van der Waals surface area contributed by atoms with E-state index < -0.39 is 0 Å². The maximum Gasteiger partial charge on any atom is 0.269 e. The molecule has 4 aromatic rings. The summed E-state index contributed by atoms with van der Waals surface area (Å²) in [5.41, 5.74) is 4.11. The Morgan fingerprint density at radius 3 is 2.71 bits per heavy atom. The van der Waals surface area contributed by atoms with E-state index in [1.165, 1.54) is 0 Å². The van der Waals surface area contributed by atoms with Crippen LogP contribution in [0, 0.1) is 0 Å². The van der Waals surface area contributed by atoms with E-state index in [9.17, 15) is 4.79 Å². The number of H-pyrrole nitrogens is 1. The van der Waals surface area contributed by atoms with Crippen molar-refractivity contribution < 1.29 is 9.53 Å². The zero-order valence-corrected chi connectivity index (χ0v) is 15.8. The van der Waals surface area contributed by atoms with Crippen LogP contribution in [0.4, 0.5) is 0 Å². The van der Waals surface area contributed by atoms with Gasteiger partial charge in [0.25, 0.3) is 5.91 Å². The zero-order chi connectivity index (χ0) is 19.5. The van der Waals surface area contributed by atoms with Gasteiger partial charge in [0.2, 0.25) is 0 Å². The van der Waals surface area contributed by atoms with Crippen LogP contribution in [0.25, 0.3) is 22.3 Å². The Hall–Kier alpha value is -3.61. The number of carbonyl (C=O) groups excluding carboxylic acids is 1. The van der Waals surface area contributed by atoms with Gasteiger partial charge in [-0.2, -0.15) is 5.10 Å². The fourth-order valence-electron chi connectivity index (χ4n) is 3.09. The maximum absolute atomic E-state index is 12.6. The summed E-state index contributed by atoms with van der Waals surface area (Å²) < 4.78 is 6.77. The highest BCUT2D eigenvalue weighted by Gasteiger charge is 2.14. The third-order valence-corrected chi connectivity index (χ3v) is 4.58. The number of methoxy groups -OCH3 is 1. The predicted octanol–water partition coefficient (Wildman–Crippen LogP) is 2.94. The second-order valence-corrected chi connectivity index (χ2v) is 6.47. The molecule has 0 unspecified atom stereocenters. The molecule has 0 aliphatic carbocycles. The molecule has 2 N–H and O–H groups in total. The Bertz CT molecular complexity index is 1080. The first kappa shape index (κ1) is 17.8. The van der Waals surface area contributed by atoms with E-state index >= 15 is 0 Å². The first-order chi connectivity index (χ1) is 13.6. The number of nitrogens with zero attached hydrogens (tertiary/aromatic N) is 3.